The monoisotopic (exact) mass is 182 g/mol. The van der Waals surface area contributed by atoms with Crippen LogP contribution in [0.1, 0.15) is 20.3 Å². The van der Waals surface area contributed by atoms with Crippen molar-refractivity contribution >= 4 is 13.8 Å². The van der Waals surface area contributed by atoms with Gasteiger partial charge in [0.25, 0.3) is 0 Å². The lowest BCUT2D eigenvalue weighted by atomic mass is 10.5. The molecule has 6 heteroatoms. The summed E-state index contributed by atoms with van der Waals surface area (Å²) in [6.07, 6.45) is 0.589. The van der Waals surface area contributed by atoms with Crippen LogP contribution in [0.4, 0.5) is 0 Å². The Morgan fingerprint density at radius 2 is 2.18 bits per heavy atom. The molecular weight excluding hydrogens is 171 g/mol. The molecule has 0 saturated heterocycles. The van der Waals surface area contributed by atoms with Gasteiger partial charge in [-0.15, -0.1) is 0 Å². The first kappa shape index (κ1) is 10.6. The zero-order valence-corrected chi connectivity index (χ0v) is 7.34. The Hall–Kier alpha value is -0.380. The van der Waals surface area contributed by atoms with Gasteiger partial charge in [-0.25, -0.2) is 4.57 Å². The first-order valence-corrected chi connectivity index (χ1v) is 4.65. The summed E-state index contributed by atoms with van der Waals surface area (Å²) < 4.78 is 19.0. The molecule has 0 saturated carbocycles. The largest absolute Gasteiger partial charge is 0.529 e. The van der Waals surface area contributed by atoms with Crippen molar-refractivity contribution in [3.8, 4) is 0 Å². The van der Waals surface area contributed by atoms with Crippen LogP contribution in [-0.4, -0.2) is 17.5 Å². The highest BCUT2D eigenvalue weighted by molar-refractivity contribution is 7.48. The number of hydrogen-bond donors (Lipinski definition) is 1. The first-order valence-electron chi connectivity index (χ1n) is 3.15. The molecule has 0 aromatic heterocycles. The standard InChI is InChI=1S/C5H11O5P/c1-3-4-9-11(7,8)10-5(2)6/h3-4H2,1-2H3,(H,7,8). The van der Waals surface area contributed by atoms with Crippen molar-refractivity contribution in [2.45, 2.75) is 20.3 Å². The summed E-state index contributed by atoms with van der Waals surface area (Å²) in [5.41, 5.74) is 0. The third kappa shape index (κ3) is 6.04. The van der Waals surface area contributed by atoms with Crippen LogP contribution >= 0.6 is 7.82 Å². The maximum absolute atomic E-state index is 10.7. The summed E-state index contributed by atoms with van der Waals surface area (Å²) >= 11 is 0. The maximum Gasteiger partial charge on any atom is 0.529 e. The SMILES string of the molecule is CCCOP(=O)(O)OC(C)=O. The fourth-order valence-electron chi connectivity index (χ4n) is 0.395. The van der Waals surface area contributed by atoms with Crippen molar-refractivity contribution in [1.29, 1.82) is 0 Å². The van der Waals surface area contributed by atoms with Crippen molar-refractivity contribution < 1.29 is 23.3 Å². The minimum atomic E-state index is -4.11. The number of hydrogen-bond acceptors (Lipinski definition) is 4. The van der Waals surface area contributed by atoms with Crippen molar-refractivity contribution in [3.05, 3.63) is 0 Å². The molecule has 11 heavy (non-hydrogen) atoms. The first-order chi connectivity index (χ1) is 4.98. The van der Waals surface area contributed by atoms with E-state index in [2.05, 4.69) is 9.05 Å². The van der Waals surface area contributed by atoms with Gasteiger partial charge in [0, 0.05) is 6.92 Å². The van der Waals surface area contributed by atoms with E-state index in [1.54, 1.807) is 6.92 Å². The number of rotatable bonds is 4. The molecule has 1 unspecified atom stereocenters. The summed E-state index contributed by atoms with van der Waals surface area (Å²) in [7, 11) is -4.11. The van der Waals surface area contributed by atoms with Gasteiger partial charge in [0.2, 0.25) is 0 Å². The zero-order valence-electron chi connectivity index (χ0n) is 6.44. The highest BCUT2D eigenvalue weighted by Crippen LogP contribution is 2.43. The van der Waals surface area contributed by atoms with Crippen LogP contribution in [0.2, 0.25) is 0 Å². The molecule has 0 aliphatic carbocycles. The van der Waals surface area contributed by atoms with E-state index in [0.29, 0.717) is 6.42 Å². The van der Waals surface area contributed by atoms with E-state index < -0.39 is 13.8 Å². The topological polar surface area (TPSA) is 72.8 Å². The van der Waals surface area contributed by atoms with Crippen molar-refractivity contribution in [2.75, 3.05) is 6.61 Å². The van der Waals surface area contributed by atoms with Crippen molar-refractivity contribution in [1.82, 2.24) is 0 Å². The van der Waals surface area contributed by atoms with E-state index in [4.69, 9.17) is 4.89 Å². The maximum atomic E-state index is 10.7. The minimum Gasteiger partial charge on any atom is -0.371 e. The van der Waals surface area contributed by atoms with Crippen LogP contribution in [0.15, 0.2) is 0 Å². The van der Waals surface area contributed by atoms with E-state index in [9.17, 15) is 9.36 Å². The smallest absolute Gasteiger partial charge is 0.371 e. The minimum absolute atomic E-state index is 0.0983. The Morgan fingerprint density at radius 1 is 1.64 bits per heavy atom. The predicted molar refractivity (Wildman–Crippen MR) is 37.8 cm³/mol. The zero-order chi connectivity index (χ0) is 8.91. The lowest BCUT2D eigenvalue weighted by Crippen LogP contribution is -2.00. The van der Waals surface area contributed by atoms with Gasteiger partial charge in [-0.3, -0.25) is 14.2 Å². The summed E-state index contributed by atoms with van der Waals surface area (Å²) in [6.45, 7) is 2.91. The molecule has 0 amide bonds. The molecule has 0 rings (SSSR count). The molecular formula is C5H11O5P. The van der Waals surface area contributed by atoms with Crippen LogP contribution in [-0.2, 0) is 18.4 Å². The highest BCUT2D eigenvalue weighted by Gasteiger charge is 2.23. The number of carbonyl (C=O) groups excluding carboxylic acids is 1. The third-order valence-corrected chi connectivity index (χ3v) is 1.70. The average Bonchev–Trinajstić information content (AvgIpc) is 1.81. The van der Waals surface area contributed by atoms with Gasteiger partial charge in [0.15, 0.2) is 0 Å². The van der Waals surface area contributed by atoms with Gasteiger partial charge in [-0.05, 0) is 6.42 Å². The Labute approximate surface area is 64.9 Å². The summed E-state index contributed by atoms with van der Waals surface area (Å²) in [4.78, 5) is 18.9. The summed E-state index contributed by atoms with van der Waals surface area (Å²) in [6, 6.07) is 0. The Bertz CT molecular complexity index is 178. The molecule has 1 atom stereocenters. The van der Waals surface area contributed by atoms with Gasteiger partial charge >= 0.3 is 13.8 Å². The third-order valence-electron chi connectivity index (χ3n) is 0.702. The van der Waals surface area contributed by atoms with Crippen LogP contribution in [0, 0.1) is 0 Å². The van der Waals surface area contributed by atoms with E-state index in [0.717, 1.165) is 6.92 Å². The van der Waals surface area contributed by atoms with Crippen LogP contribution in [0.25, 0.3) is 0 Å². The molecule has 0 aliphatic rings. The van der Waals surface area contributed by atoms with Gasteiger partial charge in [-0.2, -0.15) is 0 Å². The predicted octanol–water partition coefficient (Wildman–Crippen LogP) is 1.08. The summed E-state index contributed by atoms with van der Waals surface area (Å²) in [5, 5.41) is 0. The van der Waals surface area contributed by atoms with Crippen LogP contribution in [0.3, 0.4) is 0 Å². The molecule has 0 fully saturated rings. The molecule has 0 bridgehead atoms. The van der Waals surface area contributed by atoms with Crippen LogP contribution < -0.4 is 0 Å². The second-order valence-corrected chi connectivity index (χ2v) is 3.26. The second-order valence-electron chi connectivity index (χ2n) is 1.88. The molecule has 0 aromatic carbocycles. The van der Waals surface area contributed by atoms with Crippen molar-refractivity contribution in [3.63, 3.8) is 0 Å². The fourth-order valence-corrected chi connectivity index (χ4v) is 1.19. The molecule has 0 spiro atoms. The van der Waals surface area contributed by atoms with E-state index >= 15 is 0 Å². The highest BCUT2D eigenvalue weighted by atomic mass is 31.2. The molecule has 0 aromatic rings. The van der Waals surface area contributed by atoms with Crippen LogP contribution in [0.5, 0.6) is 0 Å². The molecule has 1 N–H and O–H groups in total. The average molecular weight is 182 g/mol. The van der Waals surface area contributed by atoms with E-state index in [1.165, 1.54) is 0 Å². The van der Waals surface area contributed by atoms with Crippen molar-refractivity contribution in [2.24, 2.45) is 0 Å². The molecule has 0 heterocycles. The summed E-state index contributed by atoms with van der Waals surface area (Å²) in [5.74, 6) is -0.827. The second kappa shape index (κ2) is 4.49. The normalized spacial score (nSPS) is 15.5. The van der Waals surface area contributed by atoms with E-state index in [1.807, 2.05) is 0 Å². The Kier molecular flexibility index (Phi) is 4.33. The Balaban J connectivity index is 3.80. The fraction of sp³-hybridized carbons (Fsp3) is 0.800. The molecule has 66 valence electrons. The molecule has 0 radical (unpaired) electrons. The van der Waals surface area contributed by atoms with Gasteiger partial charge in [0.1, 0.15) is 0 Å². The lowest BCUT2D eigenvalue weighted by molar-refractivity contribution is -0.133. The van der Waals surface area contributed by atoms with Gasteiger partial charge in [0.05, 0.1) is 6.61 Å². The number of carbonyl (C=O) groups is 1. The van der Waals surface area contributed by atoms with E-state index in [-0.39, 0.29) is 6.61 Å². The number of phosphoric ester groups is 1. The number of phosphoric acid groups is 1. The van der Waals surface area contributed by atoms with Gasteiger partial charge < -0.3 is 4.52 Å². The molecule has 0 aliphatic heterocycles. The Morgan fingerprint density at radius 3 is 2.55 bits per heavy atom. The van der Waals surface area contributed by atoms with Gasteiger partial charge in [-0.1, -0.05) is 6.92 Å². The quantitative estimate of drug-likeness (QED) is 0.658. The molecule has 5 nitrogen and oxygen atoms in total. The lowest BCUT2D eigenvalue weighted by Gasteiger charge is -2.08.